The third kappa shape index (κ3) is 7.83. The number of Topliss-reactive ketones (excluding diaryl/α,β-unsaturated/α-hetero) is 2. The van der Waals surface area contributed by atoms with Crippen molar-refractivity contribution in [2.75, 3.05) is 19.0 Å². The first-order chi connectivity index (χ1) is 15.7. The van der Waals surface area contributed by atoms with Crippen LogP contribution in [-0.4, -0.2) is 71.3 Å². The molecule has 7 N–H and O–H groups in total. The molecule has 1 aliphatic heterocycles. The lowest BCUT2D eigenvalue weighted by Crippen LogP contribution is -2.54. The lowest BCUT2D eigenvalue weighted by atomic mass is 10.0. The number of likely N-dealkylation sites (tertiary alicyclic amines) is 1. The molecule has 1 fully saturated rings. The molecular formula is C22H31ClN6O4. The van der Waals surface area contributed by atoms with Crippen LogP contribution in [-0.2, 0) is 25.6 Å². The zero-order valence-electron chi connectivity index (χ0n) is 18.4. The first kappa shape index (κ1) is 26.3. The van der Waals surface area contributed by atoms with Gasteiger partial charge in [-0.1, -0.05) is 30.3 Å². The lowest BCUT2D eigenvalue weighted by Gasteiger charge is -2.28. The molecule has 1 aliphatic rings. The Labute approximate surface area is 197 Å². The number of carbonyl (C=O) groups is 4. The highest BCUT2D eigenvalue weighted by Gasteiger charge is 2.38. The molecule has 1 aromatic carbocycles. The standard InChI is InChI=1S/C22H31ClN6O4/c23-13-18(30)19(31)16(8-4-10-27-22(25)26)28-20(32)17-9-5-11-29(17)21(33)15(24)12-14-6-2-1-3-7-14/h1-3,6-7,15-17H,4-5,8-13,24H2,(H,28,32)(H4,25,26,27)/t15?,16-,17+/m1/s1. The Hall–Kier alpha value is -2.98. The van der Waals surface area contributed by atoms with Crippen molar-refractivity contribution in [2.24, 2.45) is 22.2 Å². The first-order valence-electron chi connectivity index (χ1n) is 10.8. The highest BCUT2D eigenvalue weighted by atomic mass is 35.5. The summed E-state index contributed by atoms with van der Waals surface area (Å²) >= 11 is 5.52. The fraction of sp³-hybridized carbons (Fsp3) is 0.500. The summed E-state index contributed by atoms with van der Waals surface area (Å²) in [5.74, 6) is -3.00. The highest BCUT2D eigenvalue weighted by Crippen LogP contribution is 2.20. The quantitative estimate of drug-likeness (QED) is 0.102. The van der Waals surface area contributed by atoms with Crippen LogP contribution >= 0.6 is 11.6 Å². The van der Waals surface area contributed by atoms with Crippen molar-refractivity contribution in [1.82, 2.24) is 10.2 Å². The Kier molecular flexibility index (Phi) is 10.3. The number of aliphatic imine (C=N–C) groups is 1. The Morgan fingerprint density at radius 3 is 2.52 bits per heavy atom. The number of hydrogen-bond donors (Lipinski definition) is 4. The van der Waals surface area contributed by atoms with Crippen LogP contribution in [0.2, 0.25) is 0 Å². The molecular weight excluding hydrogens is 448 g/mol. The normalized spacial score (nSPS) is 17.2. The van der Waals surface area contributed by atoms with Crippen LogP contribution in [0.15, 0.2) is 35.3 Å². The zero-order valence-corrected chi connectivity index (χ0v) is 19.2. The second kappa shape index (κ2) is 12.9. The number of nitrogens with one attached hydrogen (secondary N) is 1. The van der Waals surface area contributed by atoms with Gasteiger partial charge in [-0.25, -0.2) is 0 Å². The number of benzene rings is 1. The van der Waals surface area contributed by atoms with Crippen molar-refractivity contribution < 1.29 is 19.2 Å². The van der Waals surface area contributed by atoms with Crippen molar-refractivity contribution in [3.05, 3.63) is 35.9 Å². The monoisotopic (exact) mass is 478 g/mol. The molecule has 0 bridgehead atoms. The number of halogens is 1. The van der Waals surface area contributed by atoms with Gasteiger partial charge in [-0.15, -0.1) is 11.6 Å². The summed E-state index contributed by atoms with van der Waals surface area (Å²) in [7, 11) is 0. The summed E-state index contributed by atoms with van der Waals surface area (Å²) < 4.78 is 0. The third-order valence-corrected chi connectivity index (χ3v) is 5.67. The molecule has 33 heavy (non-hydrogen) atoms. The average Bonchev–Trinajstić information content (AvgIpc) is 3.30. The molecule has 1 aromatic rings. The third-order valence-electron chi connectivity index (χ3n) is 5.43. The van der Waals surface area contributed by atoms with Crippen molar-refractivity contribution >= 4 is 40.9 Å². The van der Waals surface area contributed by atoms with E-state index in [0.717, 1.165) is 5.56 Å². The lowest BCUT2D eigenvalue weighted by molar-refractivity contribution is -0.141. The van der Waals surface area contributed by atoms with Crippen molar-refractivity contribution in [2.45, 2.75) is 50.2 Å². The number of hydrogen-bond acceptors (Lipinski definition) is 6. The molecule has 0 aliphatic carbocycles. The van der Waals surface area contributed by atoms with Crippen LogP contribution in [0.1, 0.15) is 31.2 Å². The maximum absolute atomic E-state index is 13.0. The number of nitrogens with zero attached hydrogens (tertiary/aromatic N) is 2. The smallest absolute Gasteiger partial charge is 0.243 e. The molecule has 10 nitrogen and oxygen atoms in total. The van der Waals surface area contributed by atoms with Gasteiger partial charge in [0.15, 0.2) is 5.96 Å². The molecule has 0 aromatic heterocycles. The molecule has 2 amide bonds. The van der Waals surface area contributed by atoms with Crippen LogP contribution < -0.4 is 22.5 Å². The molecule has 0 spiro atoms. The fourth-order valence-corrected chi connectivity index (χ4v) is 3.90. The van der Waals surface area contributed by atoms with Gasteiger partial charge in [0.05, 0.1) is 18.0 Å². The van der Waals surface area contributed by atoms with Crippen LogP contribution in [0, 0.1) is 0 Å². The molecule has 1 heterocycles. The molecule has 180 valence electrons. The van der Waals surface area contributed by atoms with Gasteiger partial charge >= 0.3 is 0 Å². The van der Waals surface area contributed by atoms with Crippen LogP contribution in [0.25, 0.3) is 0 Å². The van der Waals surface area contributed by atoms with E-state index in [4.69, 9.17) is 28.8 Å². The zero-order chi connectivity index (χ0) is 24.4. The molecule has 0 saturated carbocycles. The summed E-state index contributed by atoms with van der Waals surface area (Å²) in [5.41, 5.74) is 17.6. The number of ketones is 2. The van der Waals surface area contributed by atoms with Crippen LogP contribution in [0.3, 0.4) is 0 Å². The highest BCUT2D eigenvalue weighted by molar-refractivity contribution is 6.48. The number of rotatable bonds is 12. The van der Waals surface area contributed by atoms with Gasteiger partial charge in [0.2, 0.25) is 23.4 Å². The predicted octanol–water partition coefficient (Wildman–Crippen LogP) is -0.537. The van der Waals surface area contributed by atoms with E-state index in [1.165, 1.54) is 4.90 Å². The van der Waals surface area contributed by atoms with Gasteiger partial charge in [0, 0.05) is 13.1 Å². The summed E-state index contributed by atoms with van der Waals surface area (Å²) in [5, 5.41) is 2.62. The van der Waals surface area contributed by atoms with Crippen LogP contribution in [0.4, 0.5) is 0 Å². The molecule has 1 saturated heterocycles. The summed E-state index contributed by atoms with van der Waals surface area (Å²) in [4.78, 5) is 55.5. The molecule has 3 atom stereocenters. The minimum Gasteiger partial charge on any atom is -0.370 e. The number of guanidine groups is 1. The fourth-order valence-electron chi connectivity index (χ4n) is 3.77. The Balaban J connectivity index is 2.04. The molecule has 1 unspecified atom stereocenters. The Morgan fingerprint density at radius 2 is 1.88 bits per heavy atom. The van der Waals surface area contributed by atoms with Gasteiger partial charge in [-0.3, -0.25) is 24.2 Å². The molecule has 2 rings (SSSR count). The molecule has 11 heteroatoms. The van der Waals surface area contributed by atoms with Crippen molar-refractivity contribution in [3.63, 3.8) is 0 Å². The van der Waals surface area contributed by atoms with E-state index >= 15 is 0 Å². The summed E-state index contributed by atoms with van der Waals surface area (Å²) in [6.45, 7) is 0.628. The van der Waals surface area contributed by atoms with E-state index < -0.39 is 41.5 Å². The maximum Gasteiger partial charge on any atom is 0.243 e. The second-order valence-corrected chi connectivity index (χ2v) is 8.18. The second-order valence-electron chi connectivity index (χ2n) is 7.92. The van der Waals surface area contributed by atoms with E-state index in [2.05, 4.69) is 10.3 Å². The van der Waals surface area contributed by atoms with Crippen molar-refractivity contribution in [3.8, 4) is 0 Å². The summed E-state index contributed by atoms with van der Waals surface area (Å²) in [6, 6.07) is 6.74. The average molecular weight is 479 g/mol. The van der Waals surface area contributed by atoms with Crippen molar-refractivity contribution in [1.29, 1.82) is 0 Å². The SMILES string of the molecule is NC(N)=NCCC[C@@H](NC(=O)[C@@H]1CCCN1C(=O)C(N)Cc1ccccc1)C(=O)C(=O)CCl. The van der Waals surface area contributed by atoms with Gasteiger partial charge in [0.1, 0.15) is 6.04 Å². The van der Waals surface area contributed by atoms with Gasteiger partial charge in [-0.05, 0) is 37.7 Å². The Morgan fingerprint density at radius 1 is 1.18 bits per heavy atom. The van der Waals surface area contributed by atoms with Gasteiger partial charge in [0.25, 0.3) is 0 Å². The van der Waals surface area contributed by atoms with Crippen LogP contribution in [0.5, 0.6) is 0 Å². The van der Waals surface area contributed by atoms with E-state index in [1.807, 2.05) is 30.3 Å². The number of carbonyl (C=O) groups excluding carboxylic acids is 4. The number of amides is 2. The minimum absolute atomic E-state index is 0.0919. The maximum atomic E-state index is 13.0. The van der Waals surface area contributed by atoms with E-state index in [0.29, 0.717) is 32.2 Å². The number of alkyl halides is 1. The van der Waals surface area contributed by atoms with Gasteiger partial charge in [-0.2, -0.15) is 0 Å². The van der Waals surface area contributed by atoms with E-state index in [1.54, 1.807) is 0 Å². The Bertz CT molecular complexity index is 875. The number of nitrogens with two attached hydrogens (primary N) is 3. The first-order valence-corrected chi connectivity index (χ1v) is 11.4. The van der Waals surface area contributed by atoms with Gasteiger partial charge < -0.3 is 27.4 Å². The largest absolute Gasteiger partial charge is 0.370 e. The van der Waals surface area contributed by atoms with E-state index in [-0.39, 0.29) is 24.8 Å². The minimum atomic E-state index is -1.08. The molecule has 0 radical (unpaired) electrons. The predicted molar refractivity (Wildman–Crippen MR) is 125 cm³/mol. The summed E-state index contributed by atoms with van der Waals surface area (Å²) in [6.07, 6.45) is 1.93. The van der Waals surface area contributed by atoms with E-state index in [9.17, 15) is 19.2 Å². The topological polar surface area (TPSA) is 174 Å².